The largest absolute Gasteiger partial charge is 0.315 e. The van der Waals surface area contributed by atoms with Crippen LogP contribution >= 0.6 is 0 Å². The van der Waals surface area contributed by atoms with E-state index in [0.29, 0.717) is 5.92 Å². The molecule has 98 valence electrons. The first-order chi connectivity index (χ1) is 8.40. The number of anilines is 1. The van der Waals surface area contributed by atoms with Gasteiger partial charge in [0.1, 0.15) is 5.78 Å². The third-order valence-electron chi connectivity index (χ3n) is 2.74. The third-order valence-corrected chi connectivity index (χ3v) is 2.74. The fourth-order valence-electron chi connectivity index (χ4n) is 1.80. The van der Waals surface area contributed by atoms with Crippen molar-refractivity contribution in [1.82, 2.24) is 0 Å². The van der Waals surface area contributed by atoms with Gasteiger partial charge in [-0.05, 0) is 37.0 Å². The molecule has 0 aliphatic rings. The maximum atomic E-state index is 11.7. The van der Waals surface area contributed by atoms with Gasteiger partial charge in [-0.3, -0.25) is 9.59 Å². The first kappa shape index (κ1) is 14.4. The van der Waals surface area contributed by atoms with Crippen molar-refractivity contribution >= 4 is 17.4 Å². The van der Waals surface area contributed by atoms with E-state index in [1.54, 1.807) is 7.05 Å². The lowest BCUT2D eigenvalue weighted by Gasteiger charge is -2.17. The summed E-state index contributed by atoms with van der Waals surface area (Å²) in [6, 6.07) is 7.92. The minimum Gasteiger partial charge on any atom is -0.315 e. The van der Waals surface area contributed by atoms with E-state index < -0.39 is 0 Å². The van der Waals surface area contributed by atoms with Crippen LogP contribution in [-0.2, 0) is 16.0 Å². The van der Waals surface area contributed by atoms with Crippen LogP contribution < -0.4 is 4.90 Å². The van der Waals surface area contributed by atoms with Gasteiger partial charge >= 0.3 is 0 Å². The predicted molar refractivity (Wildman–Crippen MR) is 73.7 cm³/mol. The fraction of sp³-hybridized carbons (Fsp3) is 0.467. The summed E-state index contributed by atoms with van der Waals surface area (Å²) < 4.78 is 0. The highest BCUT2D eigenvalue weighted by Gasteiger charge is 2.12. The molecule has 3 heteroatoms. The normalized spacial score (nSPS) is 10.5. The van der Waals surface area contributed by atoms with E-state index in [2.05, 4.69) is 13.8 Å². The molecule has 0 saturated carbocycles. The predicted octanol–water partition coefficient (Wildman–Crippen LogP) is 2.83. The molecule has 0 heterocycles. The highest BCUT2D eigenvalue weighted by Crippen LogP contribution is 2.16. The lowest BCUT2D eigenvalue weighted by molar-refractivity contribution is -0.125. The molecular formula is C15H21NO2. The number of amides is 1. The topological polar surface area (TPSA) is 37.4 Å². The molecule has 0 bridgehead atoms. The van der Waals surface area contributed by atoms with E-state index >= 15 is 0 Å². The Labute approximate surface area is 109 Å². The Morgan fingerprint density at radius 1 is 1.17 bits per heavy atom. The van der Waals surface area contributed by atoms with Gasteiger partial charge in [0.25, 0.3) is 0 Å². The van der Waals surface area contributed by atoms with Gasteiger partial charge in [-0.25, -0.2) is 0 Å². The second-order valence-corrected chi connectivity index (χ2v) is 5.10. The number of carbonyl (C=O) groups is 2. The fourth-order valence-corrected chi connectivity index (χ4v) is 1.80. The molecule has 18 heavy (non-hydrogen) atoms. The number of ketones is 1. The van der Waals surface area contributed by atoms with Gasteiger partial charge in [-0.15, -0.1) is 0 Å². The molecule has 0 N–H and O–H groups in total. The maximum Gasteiger partial charge on any atom is 0.234 e. The molecule has 1 amide bonds. The summed E-state index contributed by atoms with van der Waals surface area (Å²) in [5, 5.41) is 0. The monoisotopic (exact) mass is 247 g/mol. The Bertz CT molecular complexity index is 421. The average Bonchev–Trinajstić information content (AvgIpc) is 2.27. The second-order valence-electron chi connectivity index (χ2n) is 5.10. The minimum atomic E-state index is -0.167. The molecule has 0 aromatic heterocycles. The summed E-state index contributed by atoms with van der Waals surface area (Å²) in [6.07, 6.45) is 0.996. The lowest BCUT2D eigenvalue weighted by Crippen LogP contribution is -2.27. The Kier molecular flexibility index (Phi) is 5.08. The standard InChI is InChI=1S/C15H21NO2/c1-11(2)9-13-5-7-14(8-6-13)16(4)15(18)10-12(3)17/h5-8,11H,9-10H2,1-4H3. The molecule has 1 aromatic rings. The van der Waals surface area contributed by atoms with Crippen molar-refractivity contribution in [3.8, 4) is 0 Å². The van der Waals surface area contributed by atoms with Crippen LogP contribution in [0, 0.1) is 5.92 Å². The summed E-state index contributed by atoms with van der Waals surface area (Å²) >= 11 is 0. The van der Waals surface area contributed by atoms with Crippen molar-refractivity contribution in [2.75, 3.05) is 11.9 Å². The van der Waals surface area contributed by atoms with E-state index in [1.807, 2.05) is 24.3 Å². The zero-order chi connectivity index (χ0) is 13.7. The van der Waals surface area contributed by atoms with E-state index in [-0.39, 0.29) is 18.1 Å². The van der Waals surface area contributed by atoms with Crippen molar-refractivity contribution in [2.24, 2.45) is 5.92 Å². The average molecular weight is 247 g/mol. The van der Waals surface area contributed by atoms with Crippen LogP contribution in [0.3, 0.4) is 0 Å². The van der Waals surface area contributed by atoms with Crippen LogP contribution in [0.1, 0.15) is 32.8 Å². The molecule has 0 radical (unpaired) electrons. The summed E-state index contributed by atoms with van der Waals surface area (Å²) in [5.74, 6) is 0.343. The number of hydrogen-bond acceptors (Lipinski definition) is 2. The molecule has 0 atom stereocenters. The SMILES string of the molecule is CC(=O)CC(=O)N(C)c1ccc(CC(C)C)cc1. The van der Waals surface area contributed by atoms with E-state index in [0.717, 1.165) is 12.1 Å². The first-order valence-electron chi connectivity index (χ1n) is 6.25. The Morgan fingerprint density at radius 2 is 1.72 bits per heavy atom. The molecule has 3 nitrogen and oxygen atoms in total. The molecule has 0 saturated heterocycles. The van der Waals surface area contributed by atoms with Crippen molar-refractivity contribution < 1.29 is 9.59 Å². The summed E-state index contributed by atoms with van der Waals surface area (Å²) in [7, 11) is 1.70. The van der Waals surface area contributed by atoms with Crippen LogP contribution in [0.5, 0.6) is 0 Å². The number of carbonyl (C=O) groups excluding carboxylic acids is 2. The lowest BCUT2D eigenvalue weighted by atomic mass is 10.0. The van der Waals surface area contributed by atoms with Gasteiger partial charge in [-0.2, -0.15) is 0 Å². The second kappa shape index (κ2) is 6.34. The highest BCUT2D eigenvalue weighted by molar-refractivity contribution is 6.04. The molecule has 1 rings (SSSR count). The van der Waals surface area contributed by atoms with Crippen LogP contribution in [-0.4, -0.2) is 18.7 Å². The molecule has 0 aliphatic heterocycles. The van der Waals surface area contributed by atoms with Crippen molar-refractivity contribution in [2.45, 2.75) is 33.6 Å². The number of hydrogen-bond donors (Lipinski definition) is 0. The van der Waals surface area contributed by atoms with Gasteiger partial charge in [0.05, 0.1) is 6.42 Å². The maximum absolute atomic E-state index is 11.7. The summed E-state index contributed by atoms with van der Waals surface area (Å²) in [5.41, 5.74) is 2.09. The molecular weight excluding hydrogens is 226 g/mol. The van der Waals surface area contributed by atoms with Gasteiger partial charge in [-0.1, -0.05) is 26.0 Å². The molecule has 0 aliphatic carbocycles. The van der Waals surface area contributed by atoms with E-state index in [4.69, 9.17) is 0 Å². The molecule has 1 aromatic carbocycles. The van der Waals surface area contributed by atoms with Crippen molar-refractivity contribution in [3.63, 3.8) is 0 Å². The number of rotatable bonds is 5. The van der Waals surface area contributed by atoms with Crippen molar-refractivity contribution in [3.05, 3.63) is 29.8 Å². The van der Waals surface area contributed by atoms with Crippen LogP contribution in [0.15, 0.2) is 24.3 Å². The summed E-state index contributed by atoms with van der Waals surface area (Å²) in [4.78, 5) is 24.2. The zero-order valence-corrected chi connectivity index (χ0v) is 11.6. The smallest absolute Gasteiger partial charge is 0.234 e. The van der Waals surface area contributed by atoms with Crippen molar-refractivity contribution in [1.29, 1.82) is 0 Å². The Morgan fingerprint density at radius 3 is 2.17 bits per heavy atom. The van der Waals surface area contributed by atoms with Crippen LogP contribution in [0.25, 0.3) is 0 Å². The molecule has 0 unspecified atom stereocenters. The number of benzene rings is 1. The summed E-state index contributed by atoms with van der Waals surface area (Å²) in [6.45, 7) is 5.78. The van der Waals surface area contributed by atoms with Gasteiger partial charge in [0.15, 0.2) is 0 Å². The quantitative estimate of drug-likeness (QED) is 0.750. The zero-order valence-electron chi connectivity index (χ0n) is 11.6. The third kappa shape index (κ3) is 4.32. The van der Waals surface area contributed by atoms with Gasteiger partial charge in [0.2, 0.25) is 5.91 Å². The van der Waals surface area contributed by atoms with E-state index in [1.165, 1.54) is 17.4 Å². The van der Waals surface area contributed by atoms with E-state index in [9.17, 15) is 9.59 Å². The molecule has 0 spiro atoms. The van der Waals surface area contributed by atoms with Gasteiger partial charge in [0, 0.05) is 12.7 Å². The Hall–Kier alpha value is -1.64. The number of nitrogens with zero attached hydrogens (tertiary/aromatic N) is 1. The highest BCUT2D eigenvalue weighted by atomic mass is 16.2. The molecule has 0 fully saturated rings. The first-order valence-corrected chi connectivity index (χ1v) is 6.25. The number of Topliss-reactive ketones (excluding diaryl/α,β-unsaturated/α-hetero) is 1. The minimum absolute atomic E-state index is 0.0375. The van der Waals surface area contributed by atoms with Crippen LogP contribution in [0.2, 0.25) is 0 Å². The Balaban J connectivity index is 2.72. The van der Waals surface area contributed by atoms with Crippen LogP contribution in [0.4, 0.5) is 5.69 Å². The van der Waals surface area contributed by atoms with Gasteiger partial charge < -0.3 is 4.90 Å².